The summed E-state index contributed by atoms with van der Waals surface area (Å²) in [5.41, 5.74) is 7.00. The van der Waals surface area contributed by atoms with Crippen LogP contribution < -0.4 is 11.1 Å². The summed E-state index contributed by atoms with van der Waals surface area (Å²) in [6.45, 7) is 0. The van der Waals surface area contributed by atoms with Gasteiger partial charge in [0.05, 0.1) is 18.3 Å². The van der Waals surface area contributed by atoms with Gasteiger partial charge in [0.25, 0.3) is 0 Å². The van der Waals surface area contributed by atoms with E-state index in [-0.39, 0.29) is 5.91 Å². The van der Waals surface area contributed by atoms with E-state index in [4.69, 9.17) is 5.73 Å². The van der Waals surface area contributed by atoms with Crippen molar-refractivity contribution in [2.45, 2.75) is 6.42 Å². The highest BCUT2D eigenvalue weighted by atomic mass is 16.1. The van der Waals surface area contributed by atoms with Crippen molar-refractivity contribution in [3.63, 3.8) is 0 Å². The van der Waals surface area contributed by atoms with E-state index >= 15 is 0 Å². The fraction of sp³-hybridized carbons (Fsp3) is 0.0909. The Labute approximate surface area is 92.7 Å². The molecule has 2 rings (SSSR count). The molecule has 1 amide bonds. The van der Waals surface area contributed by atoms with Gasteiger partial charge in [-0.15, -0.1) is 0 Å². The summed E-state index contributed by atoms with van der Waals surface area (Å²) < 4.78 is 0. The molecule has 0 bridgehead atoms. The summed E-state index contributed by atoms with van der Waals surface area (Å²) in [5, 5.41) is 2.69. The molecule has 16 heavy (non-hydrogen) atoms. The predicted molar refractivity (Wildman–Crippen MR) is 61.8 cm³/mol. The average molecular weight is 216 g/mol. The number of H-pyrrole nitrogens is 1. The van der Waals surface area contributed by atoms with E-state index < -0.39 is 0 Å². The van der Waals surface area contributed by atoms with Crippen LogP contribution in [-0.4, -0.2) is 15.9 Å². The number of anilines is 2. The third-order valence-electron chi connectivity index (χ3n) is 2.08. The van der Waals surface area contributed by atoms with Crippen molar-refractivity contribution in [2.24, 2.45) is 0 Å². The molecule has 2 aromatic rings. The molecule has 0 aromatic carbocycles. The van der Waals surface area contributed by atoms with Gasteiger partial charge in [0.15, 0.2) is 0 Å². The Bertz CT molecular complexity index is 461. The first-order chi connectivity index (χ1) is 7.74. The van der Waals surface area contributed by atoms with E-state index in [1.807, 2.05) is 6.07 Å². The maximum atomic E-state index is 11.6. The fourth-order valence-corrected chi connectivity index (χ4v) is 1.32. The molecule has 5 nitrogen and oxygen atoms in total. The van der Waals surface area contributed by atoms with Gasteiger partial charge in [-0.05, 0) is 23.8 Å². The van der Waals surface area contributed by atoms with Crippen LogP contribution in [0.2, 0.25) is 0 Å². The third-order valence-corrected chi connectivity index (χ3v) is 2.08. The van der Waals surface area contributed by atoms with Crippen LogP contribution in [0.15, 0.2) is 36.8 Å². The molecular weight excluding hydrogens is 204 g/mol. The molecule has 0 unspecified atom stereocenters. The lowest BCUT2D eigenvalue weighted by molar-refractivity contribution is -0.115. The molecule has 4 N–H and O–H groups in total. The summed E-state index contributed by atoms with van der Waals surface area (Å²) in [6, 6.07) is 5.22. The minimum Gasteiger partial charge on any atom is -0.397 e. The number of nitrogens with two attached hydrogens (primary N) is 1. The number of nitrogens with zero attached hydrogens (tertiary/aromatic N) is 1. The highest BCUT2D eigenvalue weighted by Gasteiger charge is 2.04. The number of rotatable bonds is 3. The second-order valence-corrected chi connectivity index (χ2v) is 3.42. The minimum absolute atomic E-state index is 0.100. The molecular formula is C11H12N4O. The van der Waals surface area contributed by atoms with Crippen LogP contribution in [-0.2, 0) is 11.2 Å². The van der Waals surface area contributed by atoms with Gasteiger partial charge >= 0.3 is 0 Å². The Morgan fingerprint density at radius 3 is 2.94 bits per heavy atom. The summed E-state index contributed by atoms with van der Waals surface area (Å²) in [6.07, 6.45) is 5.40. The maximum Gasteiger partial charge on any atom is 0.230 e. The van der Waals surface area contributed by atoms with Gasteiger partial charge in [-0.1, -0.05) is 0 Å². The predicted octanol–water partition coefficient (Wildman–Crippen LogP) is 1.17. The highest BCUT2D eigenvalue weighted by molar-refractivity contribution is 5.91. The van der Waals surface area contributed by atoms with Crippen molar-refractivity contribution < 1.29 is 4.79 Å². The molecule has 0 radical (unpaired) electrons. The van der Waals surface area contributed by atoms with Gasteiger partial charge in [0.1, 0.15) is 5.82 Å². The Hall–Kier alpha value is -2.30. The van der Waals surface area contributed by atoms with E-state index in [1.54, 1.807) is 24.5 Å². The quantitative estimate of drug-likeness (QED) is 0.720. The van der Waals surface area contributed by atoms with Crippen LogP contribution in [0.4, 0.5) is 11.5 Å². The van der Waals surface area contributed by atoms with Gasteiger partial charge in [-0.3, -0.25) is 4.79 Å². The van der Waals surface area contributed by atoms with Crippen LogP contribution in [0.25, 0.3) is 0 Å². The van der Waals surface area contributed by atoms with E-state index in [9.17, 15) is 4.79 Å². The number of amides is 1. The van der Waals surface area contributed by atoms with Gasteiger partial charge < -0.3 is 16.0 Å². The Balaban J connectivity index is 1.95. The monoisotopic (exact) mass is 216 g/mol. The zero-order valence-electron chi connectivity index (χ0n) is 8.60. The third kappa shape index (κ3) is 2.60. The lowest BCUT2D eigenvalue weighted by atomic mass is 10.2. The van der Waals surface area contributed by atoms with E-state index in [1.165, 1.54) is 6.20 Å². The topological polar surface area (TPSA) is 83.8 Å². The molecule has 0 fully saturated rings. The number of carbonyl (C=O) groups excluding carboxylic acids is 1. The number of pyridine rings is 1. The van der Waals surface area contributed by atoms with Crippen molar-refractivity contribution in [3.05, 3.63) is 42.4 Å². The first-order valence-electron chi connectivity index (χ1n) is 4.87. The number of nitrogen functional groups attached to an aromatic ring is 1. The summed E-state index contributed by atoms with van der Waals surface area (Å²) in [5.74, 6) is 0.409. The fourth-order valence-electron chi connectivity index (χ4n) is 1.32. The average Bonchev–Trinajstić information content (AvgIpc) is 2.74. The lowest BCUT2D eigenvalue weighted by Gasteiger charge is -2.03. The molecule has 0 atom stereocenters. The Kier molecular flexibility index (Phi) is 2.86. The first-order valence-corrected chi connectivity index (χ1v) is 4.87. The molecule has 5 heteroatoms. The van der Waals surface area contributed by atoms with Crippen LogP contribution >= 0.6 is 0 Å². The van der Waals surface area contributed by atoms with E-state index in [2.05, 4.69) is 15.3 Å². The van der Waals surface area contributed by atoms with Crippen LogP contribution in [0.3, 0.4) is 0 Å². The lowest BCUT2D eigenvalue weighted by Crippen LogP contribution is -2.14. The molecule has 82 valence electrons. The van der Waals surface area contributed by atoms with Gasteiger partial charge in [0, 0.05) is 12.4 Å². The summed E-state index contributed by atoms with van der Waals surface area (Å²) in [7, 11) is 0. The maximum absolute atomic E-state index is 11.6. The molecule has 0 saturated heterocycles. The largest absolute Gasteiger partial charge is 0.397 e. The summed E-state index contributed by atoms with van der Waals surface area (Å²) >= 11 is 0. The van der Waals surface area contributed by atoms with E-state index in [0.29, 0.717) is 17.9 Å². The standard InChI is InChI=1S/C11H12N4O/c12-9-1-2-10(14-7-9)15-11(16)5-8-3-4-13-6-8/h1-4,6-7,13H,5,12H2,(H,14,15,16). The number of nitrogens with one attached hydrogen (secondary N) is 2. The molecule has 2 aromatic heterocycles. The number of aromatic nitrogens is 2. The molecule has 0 aliphatic rings. The normalized spacial score (nSPS) is 10.0. The zero-order valence-corrected chi connectivity index (χ0v) is 8.60. The number of hydrogen-bond acceptors (Lipinski definition) is 3. The second kappa shape index (κ2) is 4.48. The van der Waals surface area contributed by atoms with Gasteiger partial charge in [-0.2, -0.15) is 0 Å². The van der Waals surface area contributed by atoms with Gasteiger partial charge in [0.2, 0.25) is 5.91 Å². The summed E-state index contributed by atoms with van der Waals surface area (Å²) in [4.78, 5) is 18.4. The van der Waals surface area contributed by atoms with Crippen molar-refractivity contribution in [1.29, 1.82) is 0 Å². The van der Waals surface area contributed by atoms with Crippen LogP contribution in [0.5, 0.6) is 0 Å². The molecule has 0 spiro atoms. The molecule has 0 saturated carbocycles. The Morgan fingerprint density at radius 1 is 1.44 bits per heavy atom. The molecule has 0 aliphatic heterocycles. The first kappa shape index (κ1) is 10.2. The van der Waals surface area contributed by atoms with Crippen molar-refractivity contribution >= 4 is 17.4 Å². The van der Waals surface area contributed by atoms with Crippen LogP contribution in [0, 0.1) is 0 Å². The Morgan fingerprint density at radius 2 is 2.31 bits per heavy atom. The van der Waals surface area contributed by atoms with Gasteiger partial charge in [-0.25, -0.2) is 4.98 Å². The number of carbonyl (C=O) groups is 1. The minimum atomic E-state index is -0.100. The number of hydrogen-bond donors (Lipinski definition) is 3. The molecule has 2 heterocycles. The van der Waals surface area contributed by atoms with E-state index in [0.717, 1.165) is 5.56 Å². The SMILES string of the molecule is Nc1ccc(NC(=O)Cc2cc[nH]c2)nc1. The second-order valence-electron chi connectivity index (χ2n) is 3.42. The van der Waals surface area contributed by atoms with Crippen molar-refractivity contribution in [2.75, 3.05) is 11.1 Å². The molecule has 0 aliphatic carbocycles. The number of aromatic amines is 1. The van der Waals surface area contributed by atoms with Crippen LogP contribution in [0.1, 0.15) is 5.56 Å². The smallest absolute Gasteiger partial charge is 0.230 e. The van der Waals surface area contributed by atoms with Crippen molar-refractivity contribution in [3.8, 4) is 0 Å². The zero-order chi connectivity index (χ0) is 11.4. The van der Waals surface area contributed by atoms with Crippen molar-refractivity contribution in [1.82, 2.24) is 9.97 Å². The highest BCUT2D eigenvalue weighted by Crippen LogP contribution is 2.07.